The smallest absolute Gasteiger partial charge is 0.0288 e. The first-order chi connectivity index (χ1) is 7.90. The Kier molecular flexibility index (Phi) is 2.38. The van der Waals surface area contributed by atoms with Gasteiger partial charge < -0.3 is 0 Å². The topological polar surface area (TPSA) is 0 Å². The van der Waals surface area contributed by atoms with Crippen LogP contribution in [0.2, 0.25) is 0 Å². The van der Waals surface area contributed by atoms with Crippen LogP contribution in [0.5, 0.6) is 0 Å². The zero-order valence-electron chi connectivity index (χ0n) is 12.0. The standard InChI is InChI=1S/C16H22/c1-11-12(2)14(4)16(5,13(11)3)10-15-8-6-7-9-15/h6-9,15H,10H2,1-5H3/i10D. The minimum Gasteiger partial charge on any atom is -0.0776 e. The Morgan fingerprint density at radius 3 is 1.94 bits per heavy atom. The summed E-state index contributed by atoms with van der Waals surface area (Å²) in [5.74, 6) is 0.253. The Balaban J connectivity index is 2.43. The van der Waals surface area contributed by atoms with Crippen molar-refractivity contribution in [2.75, 3.05) is 0 Å². The van der Waals surface area contributed by atoms with Gasteiger partial charge in [-0.25, -0.2) is 0 Å². The molecule has 16 heavy (non-hydrogen) atoms. The van der Waals surface area contributed by atoms with E-state index in [1.165, 1.54) is 22.3 Å². The summed E-state index contributed by atoms with van der Waals surface area (Å²) in [5.41, 5.74) is 5.42. The molecular formula is C16H22. The van der Waals surface area contributed by atoms with Crippen molar-refractivity contribution in [3.63, 3.8) is 0 Å². The van der Waals surface area contributed by atoms with Crippen LogP contribution in [-0.2, 0) is 0 Å². The molecule has 0 aromatic carbocycles. The lowest BCUT2D eigenvalue weighted by Gasteiger charge is -2.31. The fraction of sp³-hybridized carbons (Fsp3) is 0.500. The monoisotopic (exact) mass is 215 g/mol. The van der Waals surface area contributed by atoms with Crippen LogP contribution >= 0.6 is 0 Å². The Labute approximate surface area is 101 Å². The van der Waals surface area contributed by atoms with Crippen LogP contribution in [0.1, 0.15) is 42.4 Å². The summed E-state index contributed by atoms with van der Waals surface area (Å²) in [7, 11) is 0. The molecule has 2 aliphatic carbocycles. The first-order valence-corrected chi connectivity index (χ1v) is 6.04. The Bertz CT molecular complexity index is 424. The molecule has 0 saturated heterocycles. The van der Waals surface area contributed by atoms with Gasteiger partial charge in [0.15, 0.2) is 0 Å². The van der Waals surface area contributed by atoms with Crippen LogP contribution in [0.25, 0.3) is 0 Å². The summed E-state index contributed by atoms with van der Waals surface area (Å²) in [6, 6.07) is 0. The molecule has 0 amide bonds. The van der Waals surface area contributed by atoms with Crippen LogP contribution in [0, 0.1) is 11.3 Å². The van der Waals surface area contributed by atoms with Gasteiger partial charge in [-0.1, -0.05) is 42.4 Å². The van der Waals surface area contributed by atoms with Crippen LogP contribution in [0.15, 0.2) is 46.6 Å². The van der Waals surface area contributed by atoms with Gasteiger partial charge in [-0.05, 0) is 51.2 Å². The molecule has 2 rings (SSSR count). The van der Waals surface area contributed by atoms with Gasteiger partial charge in [0.2, 0.25) is 0 Å². The molecule has 0 aliphatic heterocycles. The SMILES string of the molecule is [2H]C(C1C=CC=C1)C1(C)C(C)=C(C)C(C)=C1C. The molecule has 0 heteroatoms. The van der Waals surface area contributed by atoms with Gasteiger partial charge in [0, 0.05) is 6.79 Å². The van der Waals surface area contributed by atoms with Gasteiger partial charge in [-0.3, -0.25) is 0 Å². The van der Waals surface area contributed by atoms with Crippen LogP contribution in [0.3, 0.4) is 0 Å². The van der Waals surface area contributed by atoms with Gasteiger partial charge in [0.25, 0.3) is 0 Å². The molecule has 0 spiro atoms. The Morgan fingerprint density at radius 2 is 1.50 bits per heavy atom. The van der Waals surface area contributed by atoms with Gasteiger partial charge in [0.1, 0.15) is 0 Å². The highest BCUT2D eigenvalue weighted by molar-refractivity contribution is 5.50. The zero-order valence-corrected chi connectivity index (χ0v) is 11.0. The minimum absolute atomic E-state index is 0.0994. The second kappa shape index (κ2) is 3.76. The van der Waals surface area contributed by atoms with E-state index in [4.69, 9.17) is 1.37 Å². The van der Waals surface area contributed by atoms with E-state index in [0.29, 0.717) is 0 Å². The first-order valence-electron chi connectivity index (χ1n) is 6.62. The second-order valence-corrected chi connectivity index (χ2v) is 5.22. The molecule has 0 saturated carbocycles. The predicted molar refractivity (Wildman–Crippen MR) is 71.2 cm³/mol. The molecule has 0 radical (unpaired) electrons. The van der Waals surface area contributed by atoms with E-state index >= 15 is 0 Å². The lowest BCUT2D eigenvalue weighted by molar-refractivity contribution is 0.412. The molecule has 0 bridgehead atoms. The lowest BCUT2D eigenvalue weighted by Crippen LogP contribution is -2.20. The van der Waals surface area contributed by atoms with E-state index in [1.54, 1.807) is 0 Å². The molecule has 0 heterocycles. The number of allylic oxidation sites excluding steroid dienone is 8. The quantitative estimate of drug-likeness (QED) is 0.620. The molecule has 1 atom stereocenters. The maximum atomic E-state index is 8.63. The number of hydrogen-bond acceptors (Lipinski definition) is 0. The fourth-order valence-electron chi connectivity index (χ4n) is 2.82. The van der Waals surface area contributed by atoms with Crippen molar-refractivity contribution in [1.82, 2.24) is 0 Å². The molecule has 1 unspecified atom stereocenters. The predicted octanol–water partition coefficient (Wildman–Crippen LogP) is 4.81. The van der Waals surface area contributed by atoms with Crippen LogP contribution in [0.4, 0.5) is 0 Å². The maximum absolute atomic E-state index is 8.63. The summed E-state index contributed by atoms with van der Waals surface area (Å²) in [4.78, 5) is 0. The lowest BCUT2D eigenvalue weighted by atomic mass is 9.73. The molecule has 86 valence electrons. The third kappa shape index (κ3) is 1.52. The van der Waals surface area contributed by atoms with Crippen molar-refractivity contribution in [2.45, 2.75) is 41.0 Å². The normalized spacial score (nSPS) is 26.9. The van der Waals surface area contributed by atoms with Crippen molar-refractivity contribution in [3.05, 3.63) is 46.6 Å². The highest BCUT2D eigenvalue weighted by atomic mass is 14.4. The summed E-state index contributed by atoms with van der Waals surface area (Å²) in [6.07, 6.45) is 8.29. The Morgan fingerprint density at radius 1 is 1.06 bits per heavy atom. The van der Waals surface area contributed by atoms with Crippen molar-refractivity contribution >= 4 is 0 Å². The van der Waals surface area contributed by atoms with Crippen LogP contribution in [-0.4, -0.2) is 0 Å². The van der Waals surface area contributed by atoms with E-state index in [-0.39, 0.29) is 17.7 Å². The van der Waals surface area contributed by atoms with Gasteiger partial charge in [-0.2, -0.15) is 0 Å². The molecule has 2 aliphatic rings. The maximum Gasteiger partial charge on any atom is 0.0288 e. The van der Waals surface area contributed by atoms with Gasteiger partial charge in [0.05, 0.1) is 0 Å². The molecule has 0 aromatic heterocycles. The highest BCUT2D eigenvalue weighted by Gasteiger charge is 2.37. The van der Waals surface area contributed by atoms with Crippen molar-refractivity contribution in [2.24, 2.45) is 11.3 Å². The average molecular weight is 215 g/mol. The Hall–Kier alpha value is -1.04. The van der Waals surface area contributed by atoms with Crippen molar-refractivity contribution in [1.29, 1.82) is 0 Å². The summed E-state index contributed by atoms with van der Waals surface area (Å²) in [6.45, 7) is 11.0. The van der Waals surface area contributed by atoms with Gasteiger partial charge >= 0.3 is 0 Å². The summed E-state index contributed by atoms with van der Waals surface area (Å²) >= 11 is 0. The largest absolute Gasteiger partial charge is 0.0776 e. The minimum atomic E-state index is -0.120. The third-order valence-corrected chi connectivity index (χ3v) is 4.55. The van der Waals surface area contributed by atoms with Crippen LogP contribution < -0.4 is 0 Å². The third-order valence-electron chi connectivity index (χ3n) is 4.55. The van der Waals surface area contributed by atoms with Gasteiger partial charge in [-0.15, -0.1) is 0 Å². The number of hydrogen-bond donors (Lipinski definition) is 0. The first kappa shape index (κ1) is 10.1. The second-order valence-electron chi connectivity index (χ2n) is 5.22. The van der Waals surface area contributed by atoms with E-state index in [0.717, 1.165) is 0 Å². The zero-order chi connectivity index (χ0) is 12.8. The van der Waals surface area contributed by atoms with E-state index in [9.17, 15) is 0 Å². The van der Waals surface area contributed by atoms with E-state index in [2.05, 4.69) is 58.9 Å². The van der Waals surface area contributed by atoms with Crippen molar-refractivity contribution < 1.29 is 1.37 Å². The molecule has 0 nitrogen and oxygen atoms in total. The van der Waals surface area contributed by atoms with Crippen molar-refractivity contribution in [3.8, 4) is 0 Å². The van der Waals surface area contributed by atoms with E-state index in [1.807, 2.05) is 0 Å². The molecular weight excluding hydrogens is 192 g/mol. The summed E-state index contributed by atoms with van der Waals surface area (Å²) in [5, 5.41) is 0. The van der Waals surface area contributed by atoms with E-state index < -0.39 is 0 Å². The molecule has 0 aromatic rings. The highest BCUT2D eigenvalue weighted by Crippen LogP contribution is 2.50. The summed E-state index contributed by atoms with van der Waals surface area (Å²) < 4.78 is 8.63. The number of rotatable bonds is 2. The molecule has 0 N–H and O–H groups in total. The molecule has 0 fully saturated rings. The average Bonchev–Trinajstić information content (AvgIpc) is 2.90. The fourth-order valence-corrected chi connectivity index (χ4v) is 2.82.